The summed E-state index contributed by atoms with van der Waals surface area (Å²) in [4.78, 5) is 28.9. The summed E-state index contributed by atoms with van der Waals surface area (Å²) in [7, 11) is 0. The Kier molecular flexibility index (Phi) is 8.52. The average molecular weight is 710 g/mol. The molecule has 0 amide bonds. The Morgan fingerprint density at radius 1 is 1.06 bits per heavy atom. The van der Waals surface area contributed by atoms with Crippen LogP contribution < -0.4 is 0 Å². The number of aliphatic hydroxyl groups is 7. The van der Waals surface area contributed by atoms with Gasteiger partial charge >= 0.3 is 11.9 Å². The second-order valence-electron chi connectivity index (χ2n) is 18.2. The van der Waals surface area contributed by atoms with Crippen LogP contribution in [0.5, 0.6) is 0 Å². The minimum Gasteiger partial charge on any atom is -0.456 e. The van der Waals surface area contributed by atoms with E-state index in [1.165, 1.54) is 6.92 Å². The van der Waals surface area contributed by atoms with Gasteiger partial charge in [0.05, 0.1) is 35.4 Å². The number of aliphatic hydroxyl groups excluding tert-OH is 3. The molecule has 4 aliphatic carbocycles. The highest BCUT2D eigenvalue weighted by atomic mass is 16.7. The van der Waals surface area contributed by atoms with Crippen LogP contribution in [0.4, 0.5) is 0 Å². The van der Waals surface area contributed by atoms with Crippen LogP contribution in [0, 0.1) is 46.8 Å². The number of piperidine rings is 2. The molecule has 0 radical (unpaired) electrons. The van der Waals surface area contributed by atoms with E-state index in [-0.39, 0.29) is 25.3 Å². The molecule has 0 aromatic carbocycles. The molecular weight excluding hydrogens is 650 g/mol. The molecule has 4 saturated carbocycles. The predicted octanol–water partition coefficient (Wildman–Crippen LogP) is 0.466. The lowest BCUT2D eigenvalue weighted by Crippen LogP contribution is -2.77. The fourth-order valence-electron chi connectivity index (χ4n) is 12.5. The van der Waals surface area contributed by atoms with E-state index in [0.29, 0.717) is 25.3 Å². The van der Waals surface area contributed by atoms with Gasteiger partial charge in [-0.05, 0) is 83.5 Å². The largest absolute Gasteiger partial charge is 0.456 e. The summed E-state index contributed by atoms with van der Waals surface area (Å²) in [6, 6.07) is -0.238. The molecule has 7 aliphatic rings. The first kappa shape index (κ1) is 36.9. The Morgan fingerprint density at radius 2 is 1.74 bits per heavy atom. The van der Waals surface area contributed by atoms with Crippen LogP contribution in [0.1, 0.15) is 93.4 Å². The maximum atomic E-state index is 13.5. The van der Waals surface area contributed by atoms with Crippen LogP contribution in [-0.2, 0) is 23.8 Å². The molecule has 3 heterocycles. The molecule has 7 N–H and O–H groups in total. The molecule has 50 heavy (non-hydrogen) atoms. The van der Waals surface area contributed by atoms with E-state index in [1.54, 1.807) is 13.8 Å². The summed E-state index contributed by atoms with van der Waals surface area (Å²) >= 11 is 0. The first-order valence-electron chi connectivity index (χ1n) is 18.9. The Morgan fingerprint density at radius 3 is 2.38 bits per heavy atom. The van der Waals surface area contributed by atoms with E-state index in [4.69, 9.17) is 14.2 Å². The second-order valence-corrected chi connectivity index (χ2v) is 18.2. The van der Waals surface area contributed by atoms with Crippen molar-refractivity contribution in [1.82, 2.24) is 4.90 Å². The van der Waals surface area contributed by atoms with Gasteiger partial charge in [-0.25, -0.2) is 4.79 Å². The summed E-state index contributed by atoms with van der Waals surface area (Å²) in [6.07, 6.45) is -4.15. The third-order valence-electron chi connectivity index (χ3n) is 15.5. The SMILES string of the molecule is CC[C@@H](C)C(=O)O[C@H]1[C@H](O)[C@H]2[C@@H](CN3C[C@@H](C)CC[C@H]3[C@@]2(C)O)[C@@H]2C[C@@]34OC5(O)C(C[C@@H](O)[C@H]3[C@@]21O)[C@]4(C)CC[C@@H]5OC(=O)[C@](C)(O)[C@@H](C)O. The zero-order valence-corrected chi connectivity index (χ0v) is 30.5. The van der Waals surface area contributed by atoms with Gasteiger partial charge in [0.15, 0.2) is 17.8 Å². The number of carbonyl (C=O) groups is 2. The average Bonchev–Trinajstić information content (AvgIpc) is 3.31. The van der Waals surface area contributed by atoms with E-state index in [9.17, 15) is 45.3 Å². The van der Waals surface area contributed by atoms with Crippen molar-refractivity contribution in [2.45, 2.75) is 158 Å². The minimum atomic E-state index is -2.25. The van der Waals surface area contributed by atoms with Crippen molar-refractivity contribution in [2.75, 3.05) is 13.1 Å². The van der Waals surface area contributed by atoms with Crippen molar-refractivity contribution in [2.24, 2.45) is 46.8 Å². The number of fused-ring (bicyclic) bond motifs is 5. The van der Waals surface area contributed by atoms with Gasteiger partial charge in [-0.1, -0.05) is 27.7 Å². The van der Waals surface area contributed by atoms with Gasteiger partial charge in [-0.15, -0.1) is 0 Å². The molecule has 13 nitrogen and oxygen atoms in total. The van der Waals surface area contributed by atoms with Gasteiger partial charge in [0.1, 0.15) is 5.60 Å². The molecule has 2 unspecified atom stereocenters. The topological polar surface area (TPSA) is 207 Å². The van der Waals surface area contributed by atoms with Crippen LogP contribution in [0.3, 0.4) is 0 Å². The van der Waals surface area contributed by atoms with E-state index in [2.05, 4.69) is 11.8 Å². The quantitative estimate of drug-likeness (QED) is 0.188. The standard InChI is InChI=1S/C37H59NO12/c1-8-18(3)30(42)49-29-27(41)26-20(16-38-15-17(2)9-10-24(38)34(26,7)45)21-14-35-28(36(21,29)46)22(40)13-23-32(35,5)12-11-25(37(23,47)50-35)48-31(43)33(6,44)19(4)39/h17-29,39-41,44-47H,8-16H2,1-7H3/t17-,18+,19+,20-,21-,22+,23?,24-,25-,26+,27+,28+,29-,32-,33+,34+,35+,36-,37?/m0/s1. The predicted molar refractivity (Wildman–Crippen MR) is 176 cm³/mol. The zero-order valence-electron chi connectivity index (χ0n) is 30.5. The Labute approximate surface area is 294 Å². The number of carbonyl (C=O) groups excluding carboxylic acids is 2. The number of rotatable bonds is 6. The molecule has 3 saturated heterocycles. The van der Waals surface area contributed by atoms with Gasteiger partial charge in [-0.2, -0.15) is 0 Å². The summed E-state index contributed by atoms with van der Waals surface area (Å²) in [5.74, 6) is -7.78. The first-order chi connectivity index (χ1) is 23.1. The van der Waals surface area contributed by atoms with Gasteiger partial charge in [-0.3, -0.25) is 9.69 Å². The van der Waals surface area contributed by atoms with Crippen LogP contribution in [0.2, 0.25) is 0 Å². The Bertz CT molecular complexity index is 1390. The second kappa shape index (κ2) is 11.5. The molecule has 0 aromatic heterocycles. The highest BCUT2D eigenvalue weighted by Crippen LogP contribution is 2.77. The van der Waals surface area contributed by atoms with Gasteiger partial charge < -0.3 is 50.0 Å². The van der Waals surface area contributed by atoms with E-state index in [1.807, 2.05) is 13.8 Å². The lowest BCUT2D eigenvalue weighted by atomic mass is 9.49. The van der Waals surface area contributed by atoms with E-state index < -0.39 is 112 Å². The maximum absolute atomic E-state index is 13.5. The third kappa shape index (κ3) is 4.57. The van der Waals surface area contributed by atoms with Crippen molar-refractivity contribution in [3.05, 3.63) is 0 Å². The van der Waals surface area contributed by atoms with E-state index >= 15 is 0 Å². The van der Waals surface area contributed by atoms with Crippen LogP contribution in [0.15, 0.2) is 0 Å². The van der Waals surface area contributed by atoms with Crippen molar-refractivity contribution >= 4 is 11.9 Å². The number of esters is 2. The smallest absolute Gasteiger partial charge is 0.341 e. The monoisotopic (exact) mass is 709 g/mol. The van der Waals surface area contributed by atoms with Crippen molar-refractivity contribution in [1.29, 1.82) is 0 Å². The van der Waals surface area contributed by atoms with Crippen molar-refractivity contribution < 1.29 is 59.5 Å². The first-order valence-corrected chi connectivity index (χ1v) is 18.9. The summed E-state index contributed by atoms with van der Waals surface area (Å²) in [6.45, 7) is 13.1. The van der Waals surface area contributed by atoms with Gasteiger partial charge in [0.25, 0.3) is 0 Å². The van der Waals surface area contributed by atoms with Crippen LogP contribution in [0.25, 0.3) is 0 Å². The summed E-state index contributed by atoms with van der Waals surface area (Å²) < 4.78 is 18.7. The lowest BCUT2D eigenvalue weighted by Gasteiger charge is -2.64. The molecule has 13 heteroatoms. The minimum absolute atomic E-state index is 0.0328. The lowest BCUT2D eigenvalue weighted by molar-refractivity contribution is -0.300. The van der Waals surface area contributed by atoms with Crippen molar-refractivity contribution in [3.63, 3.8) is 0 Å². The highest BCUT2D eigenvalue weighted by molar-refractivity contribution is 5.79. The highest BCUT2D eigenvalue weighted by Gasteiger charge is 2.87. The molecule has 3 aliphatic heterocycles. The summed E-state index contributed by atoms with van der Waals surface area (Å²) in [5, 5.41) is 83.5. The molecule has 0 aromatic rings. The number of nitrogens with zero attached hydrogens (tertiary/aromatic N) is 1. The van der Waals surface area contributed by atoms with Crippen LogP contribution >= 0.6 is 0 Å². The fraction of sp³-hybridized carbons (Fsp3) is 0.946. The summed E-state index contributed by atoms with van der Waals surface area (Å²) in [5.41, 5.74) is -7.89. The molecule has 19 atom stereocenters. The molecule has 1 spiro atoms. The Balaban J connectivity index is 1.34. The molecule has 7 fully saturated rings. The van der Waals surface area contributed by atoms with Crippen LogP contribution in [-0.4, -0.2) is 130 Å². The molecule has 4 bridgehead atoms. The number of hydrogen-bond donors (Lipinski definition) is 7. The van der Waals surface area contributed by atoms with Gasteiger partial charge in [0.2, 0.25) is 5.79 Å². The van der Waals surface area contributed by atoms with Gasteiger partial charge in [0, 0.05) is 42.3 Å². The Hall–Kier alpha value is -1.42. The number of ether oxygens (including phenoxy) is 3. The number of hydrogen-bond acceptors (Lipinski definition) is 13. The van der Waals surface area contributed by atoms with Crippen molar-refractivity contribution in [3.8, 4) is 0 Å². The normalized spacial score (nSPS) is 54.6. The van der Waals surface area contributed by atoms with E-state index in [0.717, 1.165) is 26.3 Å². The third-order valence-corrected chi connectivity index (χ3v) is 15.5. The maximum Gasteiger partial charge on any atom is 0.341 e. The molecular formula is C37H59NO12. The fourth-order valence-corrected chi connectivity index (χ4v) is 12.5. The zero-order chi connectivity index (χ0) is 36.7. The molecule has 7 rings (SSSR count). The molecule has 284 valence electrons.